The fourth-order valence-corrected chi connectivity index (χ4v) is 8.29. The van der Waals surface area contributed by atoms with Crippen LogP contribution in [0.1, 0.15) is 51.0 Å². The second kappa shape index (κ2) is 11.4. The Morgan fingerprint density at radius 1 is 1.07 bits per heavy atom. The van der Waals surface area contributed by atoms with Crippen molar-refractivity contribution in [1.29, 1.82) is 5.26 Å². The van der Waals surface area contributed by atoms with Crippen LogP contribution >= 0.6 is 0 Å². The van der Waals surface area contributed by atoms with Crippen LogP contribution in [-0.4, -0.2) is 83.6 Å². The number of phenols is 3. The number of likely N-dealkylation sites (N-methyl/N-ethyl adjacent to an activating group) is 1. The largest absolute Gasteiger partial charge is 0.507 e. The van der Waals surface area contributed by atoms with E-state index in [-0.39, 0.29) is 48.6 Å². The Labute approximate surface area is 268 Å². The second-order valence-corrected chi connectivity index (χ2v) is 12.9. The quantitative estimate of drug-likeness (QED) is 0.203. The van der Waals surface area contributed by atoms with Crippen molar-refractivity contribution >= 4 is 13.9 Å². The van der Waals surface area contributed by atoms with E-state index in [9.17, 15) is 25.4 Å². The van der Waals surface area contributed by atoms with E-state index in [2.05, 4.69) is 26.4 Å². The van der Waals surface area contributed by atoms with Gasteiger partial charge in [0.15, 0.2) is 31.0 Å². The van der Waals surface area contributed by atoms with Crippen LogP contribution in [0.3, 0.4) is 0 Å². The van der Waals surface area contributed by atoms with E-state index < -0.39 is 24.2 Å². The first-order valence-corrected chi connectivity index (χ1v) is 15.7. The molecule has 1 amide bonds. The first-order chi connectivity index (χ1) is 22.2. The molecule has 4 aliphatic heterocycles. The van der Waals surface area contributed by atoms with Gasteiger partial charge in [-0.25, -0.2) is 0 Å². The zero-order valence-corrected chi connectivity index (χ0v) is 26.4. The maximum Gasteiger partial charge on any atom is 0.236 e. The van der Waals surface area contributed by atoms with E-state index in [1.165, 1.54) is 0 Å². The fraction of sp³-hybridized carbons (Fsp3) is 0.412. The number of aryl methyl sites for hydroxylation is 1. The molecule has 2 bridgehead atoms. The number of aromatic hydroxyl groups is 3. The number of amides is 1. The van der Waals surface area contributed by atoms with Crippen LogP contribution < -0.4 is 20.0 Å². The van der Waals surface area contributed by atoms with E-state index in [4.69, 9.17) is 9.47 Å². The zero-order valence-electron chi connectivity index (χ0n) is 26.4. The third kappa shape index (κ3) is 4.48. The Kier molecular flexibility index (Phi) is 7.51. The van der Waals surface area contributed by atoms with Gasteiger partial charge in [-0.05, 0) is 56.8 Å². The van der Waals surface area contributed by atoms with E-state index in [1.807, 2.05) is 43.4 Å². The number of hydrogen-bond donors (Lipinski definition) is 5. The molecule has 4 aliphatic rings. The van der Waals surface area contributed by atoms with Crippen molar-refractivity contribution < 1.29 is 29.6 Å². The number of ether oxygens (including phenoxy) is 2. The molecule has 11 nitrogen and oxygen atoms in total. The molecule has 1 fully saturated rings. The highest BCUT2D eigenvalue weighted by Crippen LogP contribution is 2.58. The lowest BCUT2D eigenvalue weighted by Crippen LogP contribution is -2.68. The minimum atomic E-state index is -0.587. The summed E-state index contributed by atoms with van der Waals surface area (Å²) in [6, 6.07) is 11.6. The molecule has 0 saturated carbocycles. The van der Waals surface area contributed by atoms with Crippen LogP contribution in [-0.2, 0) is 24.1 Å². The lowest BCUT2D eigenvalue weighted by molar-refractivity contribution is -0.123. The normalized spacial score (nSPS) is 25.1. The van der Waals surface area contributed by atoms with Gasteiger partial charge in [0, 0.05) is 40.9 Å². The maximum atomic E-state index is 13.7. The van der Waals surface area contributed by atoms with E-state index in [0.717, 1.165) is 11.1 Å². The standard InChI is InChI=1S/C34H38BN5O6/c1-16-9-19-11-22-24(13-36)40-23(28(39(22)3)26(19)31(43)29(16)41)12-20-27(33-32(45-15-46-33)17(2)30(20)42)25(40)14-37-34(44)21(38-35)10-18-7-5-4-6-8-18/h4-9,21-25,28,38,41-43H,10-12,14-15,35H2,1-3H3,(H,37,44)/t21-,22+,23?,24-,25-,28+/m0/s1. The van der Waals surface area contributed by atoms with Gasteiger partial charge in [-0.3, -0.25) is 14.6 Å². The molecular weight excluding hydrogens is 585 g/mol. The summed E-state index contributed by atoms with van der Waals surface area (Å²) in [5, 5.41) is 50.8. The second-order valence-electron chi connectivity index (χ2n) is 12.9. The average molecular weight is 624 g/mol. The van der Waals surface area contributed by atoms with Gasteiger partial charge >= 0.3 is 0 Å². The first kappa shape index (κ1) is 30.2. The van der Waals surface area contributed by atoms with E-state index in [0.29, 0.717) is 58.6 Å². The summed E-state index contributed by atoms with van der Waals surface area (Å²) in [7, 11) is 3.71. The highest BCUT2D eigenvalue weighted by molar-refractivity contribution is 6.06. The van der Waals surface area contributed by atoms with Crippen molar-refractivity contribution in [3.05, 3.63) is 75.3 Å². The van der Waals surface area contributed by atoms with Gasteiger partial charge in [-0.1, -0.05) is 36.4 Å². The number of nitrogens with zero attached hydrogens (tertiary/aromatic N) is 3. The number of rotatable bonds is 6. The molecule has 7 rings (SSSR count). The van der Waals surface area contributed by atoms with Crippen LogP contribution in [0.15, 0.2) is 36.4 Å². The van der Waals surface area contributed by atoms with Crippen molar-refractivity contribution in [3.63, 3.8) is 0 Å². The molecule has 238 valence electrons. The Balaban J connectivity index is 1.34. The number of nitriles is 1. The predicted octanol–water partition coefficient (Wildman–Crippen LogP) is 1.79. The van der Waals surface area contributed by atoms with Gasteiger partial charge in [0.1, 0.15) is 11.8 Å². The molecule has 1 saturated heterocycles. The van der Waals surface area contributed by atoms with Crippen LogP contribution in [0.5, 0.6) is 28.7 Å². The smallest absolute Gasteiger partial charge is 0.236 e. The van der Waals surface area contributed by atoms with Crippen molar-refractivity contribution in [2.45, 2.75) is 69.4 Å². The number of nitrogens with one attached hydrogen (secondary N) is 2. The highest BCUT2D eigenvalue weighted by Gasteiger charge is 2.56. The van der Waals surface area contributed by atoms with Crippen molar-refractivity contribution in [3.8, 4) is 34.8 Å². The molecular formula is C34H38BN5O6. The molecule has 3 aromatic rings. The number of carbonyl (C=O) groups excluding carboxylic acids is 1. The number of hydrogen-bond acceptors (Lipinski definition) is 10. The molecule has 3 aromatic carbocycles. The van der Waals surface area contributed by atoms with E-state index >= 15 is 0 Å². The summed E-state index contributed by atoms with van der Waals surface area (Å²) in [5.41, 5.74) is 5.08. The summed E-state index contributed by atoms with van der Waals surface area (Å²) in [5.74, 6) is 0.589. The molecule has 1 unspecified atom stereocenters. The molecule has 5 N–H and O–H groups in total. The lowest BCUT2D eigenvalue weighted by atomic mass is 9.71. The molecule has 0 spiro atoms. The summed E-state index contributed by atoms with van der Waals surface area (Å²) in [4.78, 5) is 18.0. The molecule has 6 atom stereocenters. The van der Waals surface area contributed by atoms with Gasteiger partial charge < -0.3 is 35.3 Å². The number of benzene rings is 3. The summed E-state index contributed by atoms with van der Waals surface area (Å²) < 4.78 is 11.8. The fourth-order valence-electron chi connectivity index (χ4n) is 8.29. The van der Waals surface area contributed by atoms with Gasteiger partial charge in [0.05, 0.1) is 24.2 Å². The Morgan fingerprint density at radius 2 is 1.80 bits per heavy atom. The van der Waals surface area contributed by atoms with Crippen LogP contribution in [0.25, 0.3) is 0 Å². The minimum absolute atomic E-state index is 0.00300. The topological polar surface area (TPSA) is 151 Å². The van der Waals surface area contributed by atoms with Crippen LogP contribution in [0, 0.1) is 25.2 Å². The SMILES string of the molecule is BN[C@@H](Cc1ccccc1)C(=O)NC[C@H]1c2c(c(O)c(C)c3c2OCO3)CC2[C@@H]3c4c(cc(C)c(O)c4O)C[C@H]([C@H](C#N)N21)N3C. The monoisotopic (exact) mass is 623 g/mol. The third-order valence-electron chi connectivity index (χ3n) is 10.5. The van der Waals surface area contributed by atoms with Crippen molar-refractivity contribution in [1.82, 2.24) is 20.3 Å². The maximum absolute atomic E-state index is 13.7. The number of piperazine rings is 1. The molecule has 0 aliphatic carbocycles. The Bertz CT molecular complexity index is 1760. The number of carbonyl (C=O) groups is 1. The summed E-state index contributed by atoms with van der Waals surface area (Å²) in [6.07, 6.45) is 1.35. The van der Waals surface area contributed by atoms with Crippen molar-refractivity contribution in [2.75, 3.05) is 20.4 Å². The van der Waals surface area contributed by atoms with Gasteiger partial charge in [-0.2, -0.15) is 5.26 Å². The Hall–Kier alpha value is -4.44. The van der Waals surface area contributed by atoms with Crippen molar-refractivity contribution in [2.24, 2.45) is 0 Å². The molecule has 4 heterocycles. The van der Waals surface area contributed by atoms with Gasteiger partial charge in [0.2, 0.25) is 12.7 Å². The first-order valence-electron chi connectivity index (χ1n) is 15.7. The molecule has 0 radical (unpaired) electrons. The average Bonchev–Trinajstić information content (AvgIpc) is 3.55. The van der Waals surface area contributed by atoms with Gasteiger partial charge in [0.25, 0.3) is 0 Å². The minimum Gasteiger partial charge on any atom is -0.507 e. The summed E-state index contributed by atoms with van der Waals surface area (Å²) in [6.45, 7) is 3.69. The third-order valence-corrected chi connectivity index (χ3v) is 10.5. The van der Waals surface area contributed by atoms with E-state index in [1.54, 1.807) is 21.8 Å². The number of fused-ring (bicyclic) bond motifs is 9. The molecule has 46 heavy (non-hydrogen) atoms. The van der Waals surface area contributed by atoms with Crippen LogP contribution in [0.2, 0.25) is 0 Å². The molecule has 12 heteroatoms. The van der Waals surface area contributed by atoms with Crippen LogP contribution in [0.4, 0.5) is 0 Å². The lowest BCUT2D eigenvalue weighted by Gasteiger charge is -2.60. The number of phenolic OH excluding ortho intramolecular Hbond substituents is 3. The summed E-state index contributed by atoms with van der Waals surface area (Å²) >= 11 is 0. The predicted molar refractivity (Wildman–Crippen MR) is 172 cm³/mol. The Morgan fingerprint density at radius 3 is 2.52 bits per heavy atom. The van der Waals surface area contributed by atoms with Gasteiger partial charge in [-0.15, -0.1) is 0 Å². The zero-order chi connectivity index (χ0) is 32.4. The highest BCUT2D eigenvalue weighted by atomic mass is 16.7. The molecule has 0 aromatic heterocycles.